The van der Waals surface area contributed by atoms with Gasteiger partial charge in [-0.15, -0.1) is 0 Å². The first-order valence-corrected chi connectivity index (χ1v) is 6.62. The largest absolute Gasteiger partial charge is 0.304 e. The van der Waals surface area contributed by atoms with E-state index in [0.717, 1.165) is 24.1 Å². The maximum atomic E-state index is 12.0. The van der Waals surface area contributed by atoms with Crippen molar-refractivity contribution in [1.29, 1.82) is 0 Å². The van der Waals surface area contributed by atoms with Crippen molar-refractivity contribution in [2.45, 2.75) is 39.5 Å². The molecule has 3 heteroatoms. The van der Waals surface area contributed by atoms with E-state index in [9.17, 15) is 9.59 Å². The molecule has 18 heavy (non-hydrogen) atoms. The first-order chi connectivity index (χ1) is 8.66. The zero-order valence-electron chi connectivity index (χ0n) is 11.0. The number of unbranched alkanes of at least 4 members (excludes halogenated alkanes) is 3. The zero-order valence-corrected chi connectivity index (χ0v) is 11.0. The lowest BCUT2D eigenvalue weighted by Gasteiger charge is -2.18. The number of hydrogen-bond acceptors (Lipinski definition) is 2. The summed E-state index contributed by atoms with van der Waals surface area (Å²) in [7, 11) is 0. The summed E-state index contributed by atoms with van der Waals surface area (Å²) in [5.41, 5.74) is 2.39. The molecule has 1 aliphatic heterocycles. The third-order valence-electron chi connectivity index (χ3n) is 3.43. The lowest BCUT2D eigenvalue weighted by atomic mass is 10.1. The van der Waals surface area contributed by atoms with Gasteiger partial charge in [-0.3, -0.25) is 9.59 Å². The number of para-hydroxylation sites is 1. The fourth-order valence-corrected chi connectivity index (χ4v) is 2.45. The number of carbonyl (C=O) groups excluding carboxylic acids is 2. The molecule has 0 atom stereocenters. The number of ketones is 1. The van der Waals surface area contributed by atoms with E-state index in [1.807, 2.05) is 19.1 Å². The number of hydrogen-bond donors (Lipinski definition) is 0. The average molecular weight is 245 g/mol. The van der Waals surface area contributed by atoms with Crippen molar-refractivity contribution in [3.05, 3.63) is 29.3 Å². The fraction of sp³-hybridized carbons (Fsp3) is 0.467. The minimum absolute atomic E-state index is 0.357. The molecule has 1 aromatic rings. The van der Waals surface area contributed by atoms with Crippen LogP contribution in [0.15, 0.2) is 18.2 Å². The number of fused-ring (bicyclic) bond motifs is 1. The number of amides is 1. The number of rotatable bonds is 5. The van der Waals surface area contributed by atoms with Crippen LogP contribution in [-0.2, 0) is 4.79 Å². The van der Waals surface area contributed by atoms with Crippen molar-refractivity contribution >= 4 is 17.4 Å². The van der Waals surface area contributed by atoms with Crippen LogP contribution in [0.1, 0.15) is 48.5 Å². The van der Waals surface area contributed by atoms with Crippen LogP contribution in [0.4, 0.5) is 5.69 Å². The SMILES string of the molecule is CCCCCCN1C(=O)C(=O)c2cccc(C)c21. The Hall–Kier alpha value is -1.64. The van der Waals surface area contributed by atoms with Gasteiger partial charge in [0.25, 0.3) is 11.7 Å². The molecule has 1 aliphatic rings. The maximum Gasteiger partial charge on any atom is 0.299 e. The Morgan fingerprint density at radius 2 is 1.89 bits per heavy atom. The molecule has 0 unspecified atom stereocenters. The summed E-state index contributed by atoms with van der Waals surface area (Å²) in [4.78, 5) is 25.5. The summed E-state index contributed by atoms with van der Waals surface area (Å²) in [6.07, 6.45) is 4.41. The van der Waals surface area contributed by atoms with Crippen LogP contribution >= 0.6 is 0 Å². The van der Waals surface area contributed by atoms with Gasteiger partial charge in [-0.25, -0.2) is 0 Å². The Bertz CT molecular complexity index is 479. The molecule has 0 saturated carbocycles. The molecule has 1 heterocycles. The van der Waals surface area contributed by atoms with Gasteiger partial charge in [-0.1, -0.05) is 38.3 Å². The van der Waals surface area contributed by atoms with Crippen LogP contribution in [0.5, 0.6) is 0 Å². The molecular weight excluding hydrogens is 226 g/mol. The molecule has 0 radical (unpaired) electrons. The predicted octanol–water partition coefficient (Wildman–Crippen LogP) is 3.10. The normalized spacial score (nSPS) is 14.2. The third-order valence-corrected chi connectivity index (χ3v) is 3.43. The standard InChI is InChI=1S/C15H19NO2/c1-3-4-5-6-10-16-13-11(2)8-7-9-12(13)14(17)15(16)18/h7-9H,3-6,10H2,1-2H3. The second-order valence-corrected chi connectivity index (χ2v) is 4.82. The van der Waals surface area contributed by atoms with E-state index in [1.54, 1.807) is 11.0 Å². The van der Waals surface area contributed by atoms with Gasteiger partial charge in [-0.05, 0) is 25.0 Å². The Morgan fingerprint density at radius 3 is 2.61 bits per heavy atom. The van der Waals surface area contributed by atoms with E-state index in [1.165, 1.54) is 12.8 Å². The molecule has 0 N–H and O–H groups in total. The fourth-order valence-electron chi connectivity index (χ4n) is 2.45. The van der Waals surface area contributed by atoms with E-state index in [0.29, 0.717) is 12.1 Å². The molecule has 96 valence electrons. The summed E-state index contributed by atoms with van der Waals surface area (Å²) in [6.45, 7) is 4.76. The predicted molar refractivity (Wildman–Crippen MR) is 72.0 cm³/mol. The van der Waals surface area contributed by atoms with E-state index < -0.39 is 0 Å². The molecule has 0 bridgehead atoms. The van der Waals surface area contributed by atoms with E-state index in [2.05, 4.69) is 6.92 Å². The highest BCUT2D eigenvalue weighted by molar-refractivity contribution is 6.52. The first-order valence-electron chi connectivity index (χ1n) is 6.62. The van der Waals surface area contributed by atoms with Gasteiger partial charge >= 0.3 is 0 Å². The number of Topliss-reactive ketones (excluding diaryl/α,β-unsaturated/α-hetero) is 1. The number of nitrogens with zero attached hydrogens (tertiary/aromatic N) is 1. The van der Waals surface area contributed by atoms with Crippen molar-refractivity contribution < 1.29 is 9.59 Å². The summed E-state index contributed by atoms with van der Waals surface area (Å²) < 4.78 is 0. The van der Waals surface area contributed by atoms with Crippen LogP contribution in [0.3, 0.4) is 0 Å². The van der Waals surface area contributed by atoms with E-state index in [-0.39, 0.29) is 11.7 Å². The Kier molecular flexibility index (Phi) is 3.80. The van der Waals surface area contributed by atoms with Gasteiger partial charge in [-0.2, -0.15) is 0 Å². The molecule has 3 nitrogen and oxygen atoms in total. The highest BCUT2D eigenvalue weighted by Crippen LogP contribution is 2.32. The Morgan fingerprint density at radius 1 is 1.11 bits per heavy atom. The van der Waals surface area contributed by atoms with Crippen molar-refractivity contribution in [1.82, 2.24) is 0 Å². The molecule has 0 aromatic heterocycles. The third kappa shape index (κ3) is 2.17. The van der Waals surface area contributed by atoms with Gasteiger partial charge in [0.05, 0.1) is 11.3 Å². The second kappa shape index (κ2) is 5.34. The number of benzene rings is 1. The maximum absolute atomic E-state index is 12.0. The van der Waals surface area contributed by atoms with Gasteiger partial charge in [0.15, 0.2) is 0 Å². The monoisotopic (exact) mass is 245 g/mol. The molecule has 1 aromatic carbocycles. The summed E-state index contributed by atoms with van der Waals surface area (Å²) >= 11 is 0. The van der Waals surface area contributed by atoms with Gasteiger partial charge in [0.2, 0.25) is 0 Å². The van der Waals surface area contributed by atoms with Crippen molar-refractivity contribution in [2.24, 2.45) is 0 Å². The van der Waals surface area contributed by atoms with Crippen LogP contribution < -0.4 is 4.90 Å². The Balaban J connectivity index is 2.17. The average Bonchev–Trinajstić information content (AvgIpc) is 2.61. The minimum atomic E-state index is -0.365. The van der Waals surface area contributed by atoms with E-state index >= 15 is 0 Å². The van der Waals surface area contributed by atoms with Crippen molar-refractivity contribution in [3.8, 4) is 0 Å². The molecule has 0 fully saturated rings. The van der Waals surface area contributed by atoms with Crippen molar-refractivity contribution in [2.75, 3.05) is 11.4 Å². The molecule has 2 rings (SSSR count). The molecular formula is C15H19NO2. The summed E-state index contributed by atoms with van der Waals surface area (Å²) in [5, 5.41) is 0. The molecule has 0 spiro atoms. The molecule has 0 aliphatic carbocycles. The topological polar surface area (TPSA) is 37.4 Å². The molecule has 0 saturated heterocycles. The molecule has 1 amide bonds. The lowest BCUT2D eigenvalue weighted by molar-refractivity contribution is -0.114. The second-order valence-electron chi connectivity index (χ2n) is 4.82. The van der Waals surface area contributed by atoms with Crippen molar-refractivity contribution in [3.63, 3.8) is 0 Å². The number of anilines is 1. The number of aryl methyl sites for hydroxylation is 1. The van der Waals surface area contributed by atoms with E-state index in [4.69, 9.17) is 0 Å². The Labute approximate surface area is 108 Å². The zero-order chi connectivity index (χ0) is 13.1. The van der Waals surface area contributed by atoms with Gasteiger partial charge in [0.1, 0.15) is 0 Å². The summed E-state index contributed by atoms with van der Waals surface area (Å²) in [6, 6.07) is 5.53. The van der Waals surface area contributed by atoms with Gasteiger partial charge in [0, 0.05) is 6.54 Å². The number of carbonyl (C=O) groups is 2. The lowest BCUT2D eigenvalue weighted by Crippen LogP contribution is -2.31. The van der Waals surface area contributed by atoms with Crippen LogP contribution in [0.25, 0.3) is 0 Å². The smallest absolute Gasteiger partial charge is 0.299 e. The first kappa shape index (κ1) is 12.8. The minimum Gasteiger partial charge on any atom is -0.304 e. The van der Waals surface area contributed by atoms with Gasteiger partial charge < -0.3 is 4.90 Å². The summed E-state index contributed by atoms with van der Waals surface area (Å²) in [5.74, 6) is -0.722. The van der Waals surface area contributed by atoms with Crippen LogP contribution in [-0.4, -0.2) is 18.2 Å². The highest BCUT2D eigenvalue weighted by Gasteiger charge is 2.36. The van der Waals surface area contributed by atoms with Crippen LogP contribution in [0, 0.1) is 6.92 Å². The van der Waals surface area contributed by atoms with Crippen LogP contribution in [0.2, 0.25) is 0 Å². The quantitative estimate of drug-likeness (QED) is 0.590. The highest BCUT2D eigenvalue weighted by atomic mass is 16.2.